The molecule has 2 rings (SSSR count). The minimum atomic E-state index is -6.04. The standard InChI is InChI=1S/C29H28O9P2/c1-4-5-6-7-8-9-10-11-12-13-14-15-16-19-29-20-17-18-26(29)23(2)21-27(25(22-29)24(3)28(30)31)39(33,38-37-32)40(34,35)36/h23-27,32H,17-18,20-22H2,1-3H3,(H,30,31)(H2,34,35,36)/p-4. The third kappa shape index (κ3) is 8.09. The largest absolute Gasteiger partial charge is 0.804 e. The van der Waals surface area contributed by atoms with Crippen molar-refractivity contribution in [1.29, 1.82) is 0 Å². The second-order valence-electron chi connectivity index (χ2n) is 9.46. The molecule has 11 heteroatoms. The monoisotopic (exact) mass is 578 g/mol. The molecule has 0 aromatic rings. The van der Waals surface area contributed by atoms with Crippen LogP contribution in [0.3, 0.4) is 0 Å². The van der Waals surface area contributed by atoms with E-state index in [1.165, 1.54) is 6.92 Å². The van der Waals surface area contributed by atoms with E-state index in [0.29, 0.717) is 12.8 Å². The molecule has 0 bridgehead atoms. The van der Waals surface area contributed by atoms with E-state index >= 15 is 0 Å². The molecule has 2 saturated carbocycles. The van der Waals surface area contributed by atoms with E-state index in [1.54, 1.807) is 13.8 Å². The molecule has 0 heterocycles. The highest BCUT2D eigenvalue weighted by molar-refractivity contribution is 8.28. The molecule has 2 aliphatic carbocycles. The van der Waals surface area contributed by atoms with Crippen molar-refractivity contribution in [3.8, 4) is 82.9 Å². The molecule has 7 unspecified atom stereocenters. The first kappa shape index (κ1) is 32.9. The first-order valence-corrected chi connectivity index (χ1v) is 16.1. The molecule has 0 aromatic carbocycles. The average Bonchev–Trinajstić information content (AvgIpc) is 3.26. The van der Waals surface area contributed by atoms with Crippen LogP contribution in [0.5, 0.6) is 0 Å². The van der Waals surface area contributed by atoms with Gasteiger partial charge in [-0.25, -0.2) is 0 Å². The lowest BCUT2D eigenvalue weighted by atomic mass is 9.69. The van der Waals surface area contributed by atoms with Crippen LogP contribution in [-0.2, 0) is 23.6 Å². The lowest BCUT2D eigenvalue weighted by Gasteiger charge is -2.45. The van der Waals surface area contributed by atoms with E-state index in [4.69, 9.17) is 0 Å². The molecule has 0 N–H and O–H groups in total. The van der Waals surface area contributed by atoms with Crippen LogP contribution >= 0.6 is 14.3 Å². The number of carbonyl (C=O) groups is 1. The number of rotatable bonds is 6. The van der Waals surface area contributed by atoms with Crippen LogP contribution in [-0.4, -0.2) is 11.6 Å². The quantitative estimate of drug-likeness (QED) is 0.182. The van der Waals surface area contributed by atoms with Gasteiger partial charge in [0.2, 0.25) is 0 Å². The molecule has 7 atom stereocenters. The van der Waals surface area contributed by atoms with E-state index in [-0.39, 0.29) is 24.7 Å². The molecular formula is C29H24O9P2-4. The van der Waals surface area contributed by atoms with Crippen molar-refractivity contribution in [3.05, 3.63) is 0 Å². The first-order valence-electron chi connectivity index (χ1n) is 12.2. The van der Waals surface area contributed by atoms with E-state index in [9.17, 15) is 34.1 Å². The number of carboxylic acids is 1. The molecule has 0 amide bonds. The molecule has 0 radical (unpaired) electrons. The summed E-state index contributed by atoms with van der Waals surface area (Å²) >= 11 is 0. The van der Waals surface area contributed by atoms with Crippen molar-refractivity contribution in [3.63, 3.8) is 0 Å². The Balaban J connectivity index is 2.44. The SMILES string of the molecule is CC#CC#CC#CC#CC#CC#CC#CC12CCCC1C(C)CC(P(=O)(OO[O-])P(=O)([O-])[O-])C(C(C)C(=O)[O-])C2. The summed E-state index contributed by atoms with van der Waals surface area (Å²) in [4.78, 5) is 36.0. The Kier molecular flexibility index (Phi) is 12.2. The molecule has 0 aliphatic heterocycles. The van der Waals surface area contributed by atoms with Crippen LogP contribution in [0.1, 0.15) is 52.9 Å². The van der Waals surface area contributed by atoms with Crippen LogP contribution < -0.4 is 20.2 Å². The number of hydrogen-bond acceptors (Lipinski definition) is 9. The number of aliphatic carboxylic acids is 1. The second kappa shape index (κ2) is 14.9. The van der Waals surface area contributed by atoms with E-state index < -0.39 is 43.2 Å². The maximum atomic E-state index is 13.4. The fourth-order valence-electron chi connectivity index (χ4n) is 5.58. The Labute approximate surface area is 234 Å². The van der Waals surface area contributed by atoms with Gasteiger partial charge in [-0.3, -0.25) is 9.60 Å². The van der Waals surface area contributed by atoms with Gasteiger partial charge in [0.15, 0.2) is 0 Å². The number of hydrogen-bond donors (Lipinski definition) is 0. The molecule has 0 spiro atoms. The average molecular weight is 578 g/mol. The minimum Gasteiger partial charge on any atom is -0.804 e. The normalized spacial score (nSPS) is 26.6. The van der Waals surface area contributed by atoms with E-state index in [2.05, 4.69) is 92.6 Å². The maximum absolute atomic E-state index is 13.4. The zero-order chi connectivity index (χ0) is 29.8. The van der Waals surface area contributed by atoms with Gasteiger partial charge in [-0.2, -0.15) is 4.67 Å². The molecular weight excluding hydrogens is 554 g/mol. The Morgan fingerprint density at radius 1 is 0.950 bits per heavy atom. The van der Waals surface area contributed by atoms with Crippen LogP contribution in [0.2, 0.25) is 0 Å². The maximum Gasteiger partial charge on any atom is 0.263 e. The summed E-state index contributed by atoms with van der Waals surface area (Å²) in [7, 11) is -11.4. The van der Waals surface area contributed by atoms with Crippen molar-refractivity contribution in [2.45, 2.75) is 58.5 Å². The summed E-state index contributed by atoms with van der Waals surface area (Å²) in [5.74, 6) is 31.6. The van der Waals surface area contributed by atoms with Gasteiger partial charge in [-0.05, 0) is 127 Å². The van der Waals surface area contributed by atoms with Crippen molar-refractivity contribution >= 4 is 20.3 Å². The minimum absolute atomic E-state index is 0.0226. The first-order chi connectivity index (χ1) is 18.9. The van der Waals surface area contributed by atoms with Crippen LogP contribution in [0.25, 0.3) is 0 Å². The van der Waals surface area contributed by atoms with Gasteiger partial charge in [0, 0.05) is 24.3 Å². The molecule has 2 fully saturated rings. The summed E-state index contributed by atoms with van der Waals surface area (Å²) in [5, 5.41) is 25.8. The Morgan fingerprint density at radius 3 is 1.95 bits per heavy atom. The fraction of sp³-hybridized carbons (Fsp3) is 0.483. The molecule has 208 valence electrons. The predicted molar refractivity (Wildman–Crippen MR) is 137 cm³/mol. The van der Waals surface area contributed by atoms with E-state index in [1.807, 2.05) is 0 Å². The topological polar surface area (TPSA) is 162 Å². The van der Waals surface area contributed by atoms with Gasteiger partial charge in [-0.1, -0.05) is 32.1 Å². The van der Waals surface area contributed by atoms with Crippen molar-refractivity contribution in [2.75, 3.05) is 0 Å². The van der Waals surface area contributed by atoms with Gasteiger partial charge in [-0.15, -0.1) is 0 Å². The van der Waals surface area contributed by atoms with E-state index in [0.717, 1.165) is 6.42 Å². The van der Waals surface area contributed by atoms with Crippen LogP contribution in [0.15, 0.2) is 0 Å². The van der Waals surface area contributed by atoms with Crippen molar-refractivity contribution in [2.24, 2.45) is 29.1 Å². The summed E-state index contributed by atoms with van der Waals surface area (Å²) < 4.78 is 29.6. The van der Waals surface area contributed by atoms with Gasteiger partial charge in [0.1, 0.15) is 0 Å². The van der Waals surface area contributed by atoms with Crippen LogP contribution in [0.4, 0.5) is 0 Å². The molecule has 2 aliphatic rings. The third-order valence-corrected chi connectivity index (χ3v) is 12.8. The van der Waals surface area contributed by atoms with Gasteiger partial charge < -0.3 is 29.5 Å². The highest BCUT2D eigenvalue weighted by atomic mass is 32.1. The Hall–Kier alpha value is -3.35. The van der Waals surface area contributed by atoms with Crippen LogP contribution in [0, 0.1) is 112 Å². The lowest BCUT2D eigenvalue weighted by Crippen LogP contribution is -2.41. The summed E-state index contributed by atoms with van der Waals surface area (Å²) in [6.45, 7) is 4.70. The van der Waals surface area contributed by atoms with Gasteiger partial charge >= 0.3 is 0 Å². The van der Waals surface area contributed by atoms with Gasteiger partial charge in [0.05, 0.1) is 0 Å². The zero-order valence-electron chi connectivity index (χ0n) is 22.0. The Morgan fingerprint density at radius 2 is 1.48 bits per heavy atom. The van der Waals surface area contributed by atoms with Crippen molar-refractivity contribution < 1.29 is 43.8 Å². The lowest BCUT2D eigenvalue weighted by molar-refractivity contribution is -0.779. The van der Waals surface area contributed by atoms with Gasteiger partial charge in [0.25, 0.3) is 7.06 Å². The second-order valence-corrected chi connectivity index (χ2v) is 15.5. The molecule has 0 aromatic heterocycles. The summed E-state index contributed by atoms with van der Waals surface area (Å²) in [6.07, 6.45) is 1.81. The summed E-state index contributed by atoms with van der Waals surface area (Å²) in [5.41, 5.74) is -2.42. The molecule has 9 nitrogen and oxygen atoms in total. The molecule has 40 heavy (non-hydrogen) atoms. The summed E-state index contributed by atoms with van der Waals surface area (Å²) in [6, 6.07) is 0. The smallest absolute Gasteiger partial charge is 0.263 e. The number of carboxylic acid groups (broad SMARTS) is 1. The number of fused-ring (bicyclic) bond motifs is 1. The number of carbonyl (C=O) groups excluding carboxylic acids is 1. The predicted octanol–water partition coefficient (Wildman–Crippen LogP) is -0.0524. The molecule has 0 saturated heterocycles. The Bertz CT molecular complexity index is 1530. The zero-order valence-corrected chi connectivity index (χ0v) is 23.8. The highest BCUT2D eigenvalue weighted by Crippen LogP contribution is 2.79. The third-order valence-electron chi connectivity index (χ3n) is 7.28. The highest BCUT2D eigenvalue weighted by Gasteiger charge is 2.55. The fourth-order valence-corrected chi connectivity index (χ4v) is 9.88. The van der Waals surface area contributed by atoms with Crippen molar-refractivity contribution in [1.82, 2.24) is 0 Å².